The summed E-state index contributed by atoms with van der Waals surface area (Å²) in [7, 11) is 1.62. The summed E-state index contributed by atoms with van der Waals surface area (Å²) in [6.45, 7) is 0.699. The molecule has 3 aromatic carbocycles. The SMILES string of the molecule is COc1ccccc1CNCC(=O)Nc1ccc(C(=O)c2ccccc2)cc1. The van der Waals surface area contributed by atoms with E-state index in [-0.39, 0.29) is 18.2 Å². The van der Waals surface area contributed by atoms with Gasteiger partial charge in [0, 0.05) is 28.9 Å². The summed E-state index contributed by atoms with van der Waals surface area (Å²) in [6, 6.07) is 23.7. The van der Waals surface area contributed by atoms with Crippen LogP contribution in [0.1, 0.15) is 21.5 Å². The maximum Gasteiger partial charge on any atom is 0.238 e. The van der Waals surface area contributed by atoms with Crippen molar-refractivity contribution in [2.75, 3.05) is 19.0 Å². The van der Waals surface area contributed by atoms with Crippen LogP contribution >= 0.6 is 0 Å². The molecule has 0 aromatic heterocycles. The van der Waals surface area contributed by atoms with E-state index in [4.69, 9.17) is 4.74 Å². The Morgan fingerprint density at radius 2 is 1.46 bits per heavy atom. The van der Waals surface area contributed by atoms with Crippen molar-refractivity contribution in [3.05, 3.63) is 95.6 Å². The van der Waals surface area contributed by atoms with Gasteiger partial charge in [0.15, 0.2) is 5.78 Å². The number of para-hydroxylation sites is 1. The summed E-state index contributed by atoms with van der Waals surface area (Å²) in [5.41, 5.74) is 2.86. The number of amides is 1. The van der Waals surface area contributed by atoms with Gasteiger partial charge in [0.05, 0.1) is 13.7 Å². The van der Waals surface area contributed by atoms with Gasteiger partial charge in [-0.1, -0.05) is 48.5 Å². The van der Waals surface area contributed by atoms with Gasteiger partial charge in [0.2, 0.25) is 5.91 Å². The van der Waals surface area contributed by atoms with Crippen LogP contribution in [0.15, 0.2) is 78.9 Å². The Morgan fingerprint density at radius 1 is 0.821 bits per heavy atom. The number of hydrogen-bond donors (Lipinski definition) is 2. The van der Waals surface area contributed by atoms with Crippen LogP contribution in [0.4, 0.5) is 5.69 Å². The summed E-state index contributed by atoms with van der Waals surface area (Å²) in [4.78, 5) is 24.5. The van der Waals surface area contributed by atoms with Crippen LogP contribution in [0.25, 0.3) is 0 Å². The Kier molecular flexibility index (Phi) is 6.54. The molecule has 0 heterocycles. The Labute approximate surface area is 164 Å². The smallest absolute Gasteiger partial charge is 0.238 e. The lowest BCUT2D eigenvalue weighted by molar-refractivity contribution is -0.115. The van der Waals surface area contributed by atoms with Crippen LogP contribution in [0, 0.1) is 0 Å². The molecule has 0 radical (unpaired) electrons. The number of rotatable bonds is 8. The molecule has 0 atom stereocenters. The molecule has 3 rings (SSSR count). The van der Waals surface area contributed by atoms with E-state index in [1.54, 1.807) is 43.5 Å². The largest absolute Gasteiger partial charge is 0.496 e. The highest BCUT2D eigenvalue weighted by Gasteiger charge is 2.09. The van der Waals surface area contributed by atoms with Crippen molar-refractivity contribution in [2.24, 2.45) is 0 Å². The molecular formula is C23H22N2O3. The fraction of sp³-hybridized carbons (Fsp3) is 0.130. The Balaban J connectivity index is 1.51. The Hall–Kier alpha value is -3.44. The molecule has 28 heavy (non-hydrogen) atoms. The number of nitrogens with one attached hydrogen (secondary N) is 2. The van der Waals surface area contributed by atoms with Crippen molar-refractivity contribution in [2.45, 2.75) is 6.54 Å². The molecule has 0 saturated carbocycles. The predicted molar refractivity (Wildman–Crippen MR) is 110 cm³/mol. The van der Waals surface area contributed by atoms with Crippen molar-refractivity contribution in [1.29, 1.82) is 0 Å². The van der Waals surface area contributed by atoms with Gasteiger partial charge in [0.1, 0.15) is 5.75 Å². The lowest BCUT2D eigenvalue weighted by atomic mass is 10.0. The van der Waals surface area contributed by atoms with Crippen molar-refractivity contribution in [3.63, 3.8) is 0 Å². The van der Waals surface area contributed by atoms with Crippen LogP contribution in [0.5, 0.6) is 5.75 Å². The number of carbonyl (C=O) groups is 2. The number of methoxy groups -OCH3 is 1. The lowest BCUT2D eigenvalue weighted by Crippen LogP contribution is -2.27. The molecule has 2 N–H and O–H groups in total. The minimum atomic E-state index is -0.156. The van der Waals surface area contributed by atoms with E-state index in [0.29, 0.717) is 23.4 Å². The van der Waals surface area contributed by atoms with Gasteiger partial charge < -0.3 is 15.4 Å². The standard InChI is InChI=1S/C23H22N2O3/c1-28-21-10-6-5-9-19(21)15-24-16-22(26)25-20-13-11-18(12-14-20)23(27)17-7-3-2-4-8-17/h2-14,24H,15-16H2,1H3,(H,25,26). The van der Waals surface area contributed by atoms with Gasteiger partial charge >= 0.3 is 0 Å². The molecule has 142 valence electrons. The van der Waals surface area contributed by atoms with Crippen molar-refractivity contribution in [3.8, 4) is 5.75 Å². The van der Waals surface area contributed by atoms with E-state index in [1.807, 2.05) is 42.5 Å². The molecule has 0 bridgehead atoms. The monoisotopic (exact) mass is 374 g/mol. The maximum atomic E-state index is 12.4. The second-order valence-electron chi connectivity index (χ2n) is 6.24. The number of anilines is 1. The number of benzene rings is 3. The highest BCUT2D eigenvalue weighted by Crippen LogP contribution is 2.17. The van der Waals surface area contributed by atoms with E-state index >= 15 is 0 Å². The molecule has 0 unspecified atom stereocenters. The van der Waals surface area contributed by atoms with Crippen LogP contribution in [-0.2, 0) is 11.3 Å². The molecule has 5 nitrogen and oxygen atoms in total. The third kappa shape index (κ3) is 5.05. The number of carbonyl (C=O) groups excluding carboxylic acids is 2. The van der Waals surface area contributed by atoms with Crippen LogP contribution < -0.4 is 15.4 Å². The van der Waals surface area contributed by atoms with Gasteiger partial charge in [-0.3, -0.25) is 9.59 Å². The molecule has 0 aliphatic heterocycles. The number of hydrogen-bond acceptors (Lipinski definition) is 4. The molecule has 0 saturated heterocycles. The zero-order valence-corrected chi connectivity index (χ0v) is 15.6. The molecule has 1 amide bonds. The summed E-state index contributed by atoms with van der Waals surface area (Å²) in [6.07, 6.45) is 0. The zero-order chi connectivity index (χ0) is 19.8. The molecule has 0 spiro atoms. The first-order valence-electron chi connectivity index (χ1n) is 8.99. The lowest BCUT2D eigenvalue weighted by Gasteiger charge is -2.10. The summed E-state index contributed by atoms with van der Waals surface area (Å²) < 4.78 is 5.29. The summed E-state index contributed by atoms with van der Waals surface area (Å²) in [5, 5.41) is 5.92. The quantitative estimate of drug-likeness (QED) is 0.591. The topological polar surface area (TPSA) is 67.4 Å². The van der Waals surface area contributed by atoms with Crippen LogP contribution in [-0.4, -0.2) is 25.3 Å². The van der Waals surface area contributed by atoms with Gasteiger partial charge in [-0.05, 0) is 30.3 Å². The highest BCUT2D eigenvalue weighted by atomic mass is 16.5. The van der Waals surface area contributed by atoms with E-state index < -0.39 is 0 Å². The Bertz CT molecular complexity index is 938. The maximum absolute atomic E-state index is 12.4. The summed E-state index contributed by atoms with van der Waals surface area (Å²) >= 11 is 0. The van der Waals surface area contributed by atoms with Gasteiger partial charge in [-0.25, -0.2) is 0 Å². The van der Waals surface area contributed by atoms with E-state index in [2.05, 4.69) is 10.6 Å². The second-order valence-corrected chi connectivity index (χ2v) is 6.24. The molecule has 5 heteroatoms. The molecule has 0 aliphatic carbocycles. The van der Waals surface area contributed by atoms with Crippen molar-refractivity contribution >= 4 is 17.4 Å². The first kappa shape index (κ1) is 19.3. The van der Waals surface area contributed by atoms with Crippen molar-refractivity contribution < 1.29 is 14.3 Å². The Morgan fingerprint density at radius 3 is 2.18 bits per heavy atom. The first-order valence-corrected chi connectivity index (χ1v) is 8.99. The fourth-order valence-electron chi connectivity index (χ4n) is 2.83. The second kappa shape index (κ2) is 9.48. The van der Waals surface area contributed by atoms with E-state index in [0.717, 1.165) is 11.3 Å². The summed E-state index contributed by atoms with van der Waals surface area (Å²) in [5.74, 6) is 0.586. The van der Waals surface area contributed by atoms with Gasteiger partial charge in [0.25, 0.3) is 0 Å². The average Bonchev–Trinajstić information content (AvgIpc) is 2.75. The molecular weight excluding hydrogens is 352 g/mol. The number of ether oxygens (including phenoxy) is 1. The predicted octanol–water partition coefficient (Wildman–Crippen LogP) is 3.65. The zero-order valence-electron chi connectivity index (χ0n) is 15.6. The van der Waals surface area contributed by atoms with Gasteiger partial charge in [-0.2, -0.15) is 0 Å². The van der Waals surface area contributed by atoms with Gasteiger partial charge in [-0.15, -0.1) is 0 Å². The molecule has 0 fully saturated rings. The van der Waals surface area contributed by atoms with Crippen molar-refractivity contribution in [1.82, 2.24) is 5.32 Å². The van der Waals surface area contributed by atoms with E-state index in [1.165, 1.54) is 0 Å². The normalized spacial score (nSPS) is 10.3. The minimum absolute atomic E-state index is 0.0445. The van der Waals surface area contributed by atoms with Crippen LogP contribution in [0.2, 0.25) is 0 Å². The highest BCUT2D eigenvalue weighted by molar-refractivity contribution is 6.09. The van der Waals surface area contributed by atoms with Crippen LogP contribution in [0.3, 0.4) is 0 Å². The fourth-order valence-corrected chi connectivity index (χ4v) is 2.83. The number of ketones is 1. The van der Waals surface area contributed by atoms with E-state index in [9.17, 15) is 9.59 Å². The third-order valence-corrected chi connectivity index (χ3v) is 4.26. The molecule has 0 aliphatic rings. The average molecular weight is 374 g/mol. The first-order chi connectivity index (χ1) is 13.7. The third-order valence-electron chi connectivity index (χ3n) is 4.26. The molecule has 3 aromatic rings. The minimum Gasteiger partial charge on any atom is -0.496 e.